The van der Waals surface area contributed by atoms with Crippen molar-refractivity contribution in [2.24, 2.45) is 0 Å². The molecule has 0 spiro atoms. The number of carboxylic acid groups (broad SMARTS) is 1. The van der Waals surface area contributed by atoms with Crippen molar-refractivity contribution in [1.29, 1.82) is 0 Å². The third-order valence-corrected chi connectivity index (χ3v) is 3.30. The highest BCUT2D eigenvalue weighted by atomic mass is 19.1. The molecule has 0 aliphatic rings. The van der Waals surface area contributed by atoms with Gasteiger partial charge in [0.25, 0.3) is 0 Å². The predicted octanol–water partition coefficient (Wildman–Crippen LogP) is 2.60. The van der Waals surface area contributed by atoms with Crippen LogP contribution in [0, 0.1) is 12.7 Å². The first-order chi connectivity index (χ1) is 10.0. The van der Waals surface area contributed by atoms with Crippen LogP contribution in [0.25, 0.3) is 11.4 Å². The molecule has 0 saturated carbocycles. The minimum Gasteiger partial charge on any atom is -0.481 e. The van der Waals surface area contributed by atoms with Crippen LogP contribution in [0.15, 0.2) is 18.2 Å². The van der Waals surface area contributed by atoms with Gasteiger partial charge in [-0.3, -0.25) is 4.79 Å². The van der Waals surface area contributed by atoms with Crippen molar-refractivity contribution in [3.8, 4) is 11.4 Å². The SMILES string of the molecule is CCCC(CC(=O)O)n1nnnc1-c1cccc(C)c1F. The smallest absolute Gasteiger partial charge is 0.305 e. The van der Waals surface area contributed by atoms with E-state index in [2.05, 4.69) is 15.5 Å². The minimum absolute atomic E-state index is 0.0979. The molecule has 2 aromatic rings. The van der Waals surface area contributed by atoms with Gasteiger partial charge in [0.1, 0.15) is 5.82 Å². The monoisotopic (exact) mass is 292 g/mol. The Balaban J connectivity index is 2.45. The van der Waals surface area contributed by atoms with Crippen LogP contribution in [0.4, 0.5) is 4.39 Å². The zero-order chi connectivity index (χ0) is 15.4. The Kier molecular flexibility index (Phi) is 4.62. The second kappa shape index (κ2) is 6.43. The number of hydrogen-bond donors (Lipinski definition) is 1. The summed E-state index contributed by atoms with van der Waals surface area (Å²) in [5, 5.41) is 20.3. The van der Waals surface area contributed by atoms with E-state index in [-0.39, 0.29) is 23.6 Å². The van der Waals surface area contributed by atoms with Gasteiger partial charge in [-0.15, -0.1) is 5.10 Å². The van der Waals surface area contributed by atoms with Crippen LogP contribution in [0.1, 0.15) is 37.8 Å². The number of aryl methyl sites for hydroxylation is 1. The molecular formula is C14H17FN4O2. The number of aromatic nitrogens is 4. The highest BCUT2D eigenvalue weighted by Gasteiger charge is 2.22. The van der Waals surface area contributed by atoms with E-state index in [4.69, 9.17) is 5.11 Å². The Labute approximate surface area is 121 Å². The Morgan fingerprint density at radius 1 is 1.48 bits per heavy atom. The van der Waals surface area contributed by atoms with Crippen LogP contribution in [0.3, 0.4) is 0 Å². The molecule has 1 heterocycles. The fourth-order valence-corrected chi connectivity index (χ4v) is 2.28. The van der Waals surface area contributed by atoms with E-state index in [1.54, 1.807) is 25.1 Å². The normalized spacial score (nSPS) is 12.3. The molecule has 0 radical (unpaired) electrons. The number of tetrazole rings is 1. The largest absolute Gasteiger partial charge is 0.481 e. The molecule has 1 aromatic carbocycles. The summed E-state index contributed by atoms with van der Waals surface area (Å²) in [5.41, 5.74) is 0.777. The summed E-state index contributed by atoms with van der Waals surface area (Å²) < 4.78 is 15.6. The van der Waals surface area contributed by atoms with Gasteiger partial charge in [-0.2, -0.15) is 0 Å². The summed E-state index contributed by atoms with van der Waals surface area (Å²) >= 11 is 0. The number of rotatable bonds is 6. The summed E-state index contributed by atoms with van der Waals surface area (Å²) in [5.74, 6) is -1.06. The Morgan fingerprint density at radius 3 is 2.90 bits per heavy atom. The van der Waals surface area contributed by atoms with Gasteiger partial charge < -0.3 is 5.11 Å². The molecule has 0 saturated heterocycles. The highest BCUT2D eigenvalue weighted by Crippen LogP contribution is 2.27. The second-order valence-corrected chi connectivity index (χ2v) is 4.92. The van der Waals surface area contributed by atoms with Crippen molar-refractivity contribution < 1.29 is 14.3 Å². The van der Waals surface area contributed by atoms with Gasteiger partial charge in [-0.1, -0.05) is 25.5 Å². The maximum absolute atomic E-state index is 14.2. The average Bonchev–Trinajstić information content (AvgIpc) is 2.90. The summed E-state index contributed by atoms with van der Waals surface area (Å²) in [4.78, 5) is 11.0. The summed E-state index contributed by atoms with van der Waals surface area (Å²) in [6, 6.07) is 4.58. The Bertz CT molecular complexity index is 642. The van der Waals surface area contributed by atoms with Crippen molar-refractivity contribution in [2.75, 3.05) is 0 Å². The fraction of sp³-hybridized carbons (Fsp3) is 0.429. The van der Waals surface area contributed by atoms with Crippen LogP contribution < -0.4 is 0 Å². The maximum Gasteiger partial charge on any atom is 0.305 e. The van der Waals surface area contributed by atoms with Crippen LogP contribution in [-0.4, -0.2) is 31.3 Å². The summed E-state index contributed by atoms with van der Waals surface area (Å²) in [6.07, 6.45) is 1.30. The third kappa shape index (κ3) is 3.24. The second-order valence-electron chi connectivity index (χ2n) is 4.92. The van der Waals surface area contributed by atoms with Crippen molar-refractivity contribution in [3.05, 3.63) is 29.6 Å². The number of hydrogen-bond acceptors (Lipinski definition) is 4. The molecule has 0 aliphatic heterocycles. The molecule has 1 unspecified atom stereocenters. The molecule has 0 aliphatic carbocycles. The van der Waals surface area contributed by atoms with E-state index in [0.29, 0.717) is 12.0 Å². The van der Waals surface area contributed by atoms with E-state index in [9.17, 15) is 9.18 Å². The number of benzene rings is 1. The first-order valence-electron chi connectivity index (χ1n) is 6.79. The van der Waals surface area contributed by atoms with Gasteiger partial charge >= 0.3 is 5.97 Å². The maximum atomic E-state index is 14.2. The number of nitrogens with zero attached hydrogens (tertiary/aromatic N) is 4. The first kappa shape index (κ1) is 15.1. The van der Waals surface area contributed by atoms with Crippen LogP contribution in [-0.2, 0) is 4.79 Å². The van der Waals surface area contributed by atoms with E-state index in [1.165, 1.54) is 4.68 Å². The minimum atomic E-state index is -0.931. The molecule has 7 heteroatoms. The lowest BCUT2D eigenvalue weighted by molar-refractivity contribution is -0.138. The van der Waals surface area contributed by atoms with E-state index in [0.717, 1.165) is 6.42 Å². The molecule has 0 bridgehead atoms. The number of carbonyl (C=O) groups is 1. The molecule has 1 aromatic heterocycles. The van der Waals surface area contributed by atoms with Crippen LogP contribution in [0.5, 0.6) is 0 Å². The van der Waals surface area contributed by atoms with Gasteiger partial charge in [0.15, 0.2) is 5.82 Å². The quantitative estimate of drug-likeness (QED) is 0.885. The lowest BCUT2D eigenvalue weighted by atomic mass is 10.1. The van der Waals surface area contributed by atoms with Gasteiger partial charge in [0.2, 0.25) is 0 Å². The third-order valence-electron chi connectivity index (χ3n) is 3.30. The molecule has 112 valence electrons. The van der Waals surface area contributed by atoms with E-state index in [1.807, 2.05) is 6.92 Å². The Morgan fingerprint density at radius 2 is 2.24 bits per heavy atom. The number of halogens is 1. The van der Waals surface area contributed by atoms with Gasteiger partial charge in [0.05, 0.1) is 18.0 Å². The van der Waals surface area contributed by atoms with Crippen LogP contribution >= 0.6 is 0 Å². The first-order valence-corrected chi connectivity index (χ1v) is 6.79. The topological polar surface area (TPSA) is 80.9 Å². The average molecular weight is 292 g/mol. The Hall–Kier alpha value is -2.31. The molecule has 2 rings (SSSR count). The summed E-state index contributed by atoms with van der Waals surface area (Å²) in [6.45, 7) is 3.61. The fourth-order valence-electron chi connectivity index (χ4n) is 2.28. The van der Waals surface area contributed by atoms with Crippen LogP contribution in [0.2, 0.25) is 0 Å². The zero-order valence-corrected chi connectivity index (χ0v) is 12.0. The molecule has 0 amide bonds. The van der Waals surface area contributed by atoms with Crippen molar-refractivity contribution >= 4 is 5.97 Å². The standard InChI is InChI=1S/C14H17FN4O2/c1-3-5-10(8-12(20)21)19-14(16-17-18-19)11-7-4-6-9(2)13(11)15/h4,6-7,10H,3,5,8H2,1-2H3,(H,20,21). The number of carboxylic acids is 1. The molecule has 0 fully saturated rings. The lowest BCUT2D eigenvalue weighted by Gasteiger charge is -2.16. The highest BCUT2D eigenvalue weighted by molar-refractivity contribution is 5.67. The number of aliphatic carboxylic acids is 1. The van der Waals surface area contributed by atoms with E-state index >= 15 is 0 Å². The van der Waals surface area contributed by atoms with E-state index < -0.39 is 12.0 Å². The van der Waals surface area contributed by atoms with Gasteiger partial charge in [-0.25, -0.2) is 9.07 Å². The van der Waals surface area contributed by atoms with Gasteiger partial charge in [-0.05, 0) is 35.4 Å². The predicted molar refractivity (Wildman–Crippen MR) is 74.1 cm³/mol. The molecule has 21 heavy (non-hydrogen) atoms. The summed E-state index contributed by atoms with van der Waals surface area (Å²) in [7, 11) is 0. The zero-order valence-electron chi connectivity index (χ0n) is 12.0. The lowest BCUT2D eigenvalue weighted by Crippen LogP contribution is -2.16. The molecule has 1 atom stereocenters. The molecule has 1 N–H and O–H groups in total. The van der Waals surface area contributed by atoms with Gasteiger partial charge in [0, 0.05) is 0 Å². The van der Waals surface area contributed by atoms with Crippen molar-refractivity contribution in [2.45, 2.75) is 39.2 Å². The molecular weight excluding hydrogens is 275 g/mol. The van der Waals surface area contributed by atoms with Crippen molar-refractivity contribution in [3.63, 3.8) is 0 Å². The van der Waals surface area contributed by atoms with Crippen molar-refractivity contribution in [1.82, 2.24) is 20.2 Å². The molecule has 6 nitrogen and oxygen atoms in total.